The molecule has 0 aromatic heterocycles. The number of amidine groups is 1. The summed E-state index contributed by atoms with van der Waals surface area (Å²) in [6, 6.07) is 0.407. The van der Waals surface area contributed by atoms with E-state index in [4.69, 9.17) is 5.53 Å². The molecule has 0 aromatic carbocycles. The topological polar surface area (TPSA) is 61.1 Å². The predicted molar refractivity (Wildman–Crippen MR) is 49.1 cm³/mol. The van der Waals surface area contributed by atoms with Crippen LogP contribution in [0.4, 0.5) is 0 Å². The minimum absolute atomic E-state index is 0.407. The van der Waals surface area contributed by atoms with Gasteiger partial charge in [0.15, 0.2) is 0 Å². The number of rotatable bonds is 1. The summed E-state index contributed by atoms with van der Waals surface area (Å²) >= 11 is 0. The van der Waals surface area contributed by atoms with E-state index in [0.717, 1.165) is 12.8 Å². The van der Waals surface area contributed by atoms with Gasteiger partial charge in [0, 0.05) is 4.91 Å². The van der Waals surface area contributed by atoms with Gasteiger partial charge in [0.25, 0.3) is 0 Å². The second-order valence-electron chi connectivity index (χ2n) is 3.16. The van der Waals surface area contributed by atoms with Crippen LogP contribution >= 0.6 is 0 Å². The normalized spacial score (nSPS) is 20.2. The molecular weight excluding hydrogens is 152 g/mol. The predicted octanol–water partition coefficient (Wildman–Crippen LogP) is 3.05. The number of nitrogens with zero attached hydrogens (tertiary/aromatic N) is 4. The van der Waals surface area contributed by atoms with Crippen molar-refractivity contribution >= 4 is 5.84 Å². The van der Waals surface area contributed by atoms with Gasteiger partial charge in [-0.2, -0.15) is 0 Å². The summed E-state index contributed by atoms with van der Waals surface area (Å²) in [5.74, 6) is 0.574. The molecule has 0 radical (unpaired) electrons. The van der Waals surface area contributed by atoms with Crippen LogP contribution in [0.3, 0.4) is 0 Å². The maximum absolute atomic E-state index is 8.14. The average molecular weight is 166 g/mol. The Morgan fingerprint density at radius 3 is 2.58 bits per heavy atom. The fraction of sp³-hybridized carbons (Fsp3) is 0.875. The third-order valence-corrected chi connectivity index (χ3v) is 2.13. The third kappa shape index (κ3) is 2.93. The van der Waals surface area contributed by atoms with Gasteiger partial charge in [0.05, 0.1) is 11.9 Å². The molecule has 0 saturated heterocycles. The first-order valence-electron chi connectivity index (χ1n) is 4.42. The number of hydrogen-bond acceptors (Lipinski definition) is 1. The Bertz CT molecular complexity index is 209. The SMILES string of the molecule is CC(N=[N+]=[N-])=NC1CCCCC1. The van der Waals surface area contributed by atoms with Crippen LogP contribution in [0.2, 0.25) is 0 Å². The second kappa shape index (κ2) is 4.78. The molecule has 0 unspecified atom stereocenters. The Hall–Kier alpha value is -1.02. The molecule has 0 N–H and O–H groups in total. The van der Waals surface area contributed by atoms with E-state index >= 15 is 0 Å². The molecule has 1 saturated carbocycles. The lowest BCUT2D eigenvalue weighted by Crippen LogP contribution is -2.10. The molecule has 1 fully saturated rings. The van der Waals surface area contributed by atoms with E-state index in [1.165, 1.54) is 19.3 Å². The Morgan fingerprint density at radius 1 is 1.33 bits per heavy atom. The van der Waals surface area contributed by atoms with Crippen molar-refractivity contribution in [3.8, 4) is 0 Å². The van der Waals surface area contributed by atoms with Crippen LogP contribution in [0.15, 0.2) is 10.1 Å². The van der Waals surface area contributed by atoms with Gasteiger partial charge in [-0.25, -0.2) is 0 Å². The lowest BCUT2D eigenvalue weighted by molar-refractivity contribution is 0.443. The molecular formula is C8H14N4. The van der Waals surface area contributed by atoms with Gasteiger partial charge < -0.3 is 0 Å². The number of azide groups is 1. The molecule has 1 aliphatic carbocycles. The maximum Gasteiger partial charge on any atom is 0.0953 e. The number of hydrogen-bond donors (Lipinski definition) is 0. The second-order valence-corrected chi connectivity index (χ2v) is 3.16. The fourth-order valence-electron chi connectivity index (χ4n) is 1.56. The molecule has 1 aliphatic rings. The van der Waals surface area contributed by atoms with Crippen molar-refractivity contribution in [3.63, 3.8) is 0 Å². The molecule has 0 heterocycles. The molecule has 1 rings (SSSR count). The summed E-state index contributed by atoms with van der Waals surface area (Å²) < 4.78 is 0. The van der Waals surface area contributed by atoms with Gasteiger partial charge in [0.1, 0.15) is 0 Å². The van der Waals surface area contributed by atoms with Gasteiger partial charge in [-0.05, 0) is 30.4 Å². The summed E-state index contributed by atoms with van der Waals surface area (Å²) in [6.45, 7) is 1.76. The fourth-order valence-corrected chi connectivity index (χ4v) is 1.56. The molecule has 0 aromatic rings. The smallest absolute Gasteiger partial charge is 0.0953 e. The van der Waals surface area contributed by atoms with Crippen LogP contribution in [-0.2, 0) is 0 Å². The highest BCUT2D eigenvalue weighted by atomic mass is 15.2. The molecule has 0 aliphatic heterocycles. The highest BCUT2D eigenvalue weighted by molar-refractivity contribution is 5.80. The van der Waals surface area contributed by atoms with Gasteiger partial charge >= 0.3 is 0 Å². The molecule has 0 amide bonds. The average Bonchev–Trinajstić information content (AvgIpc) is 2.06. The van der Waals surface area contributed by atoms with Crippen LogP contribution in [0.25, 0.3) is 10.4 Å². The minimum Gasteiger partial charge on any atom is -0.284 e. The first-order valence-corrected chi connectivity index (χ1v) is 4.42. The van der Waals surface area contributed by atoms with Crippen molar-refractivity contribution in [1.29, 1.82) is 0 Å². The summed E-state index contributed by atoms with van der Waals surface area (Å²) in [5, 5.41) is 3.45. The molecule has 0 bridgehead atoms. The Morgan fingerprint density at radius 2 is 2.00 bits per heavy atom. The van der Waals surface area contributed by atoms with E-state index in [-0.39, 0.29) is 0 Å². The van der Waals surface area contributed by atoms with Crippen molar-refractivity contribution in [2.75, 3.05) is 0 Å². The summed E-state index contributed by atoms with van der Waals surface area (Å²) in [6.07, 6.45) is 6.15. The lowest BCUT2D eigenvalue weighted by atomic mass is 9.96. The van der Waals surface area contributed by atoms with E-state index in [2.05, 4.69) is 15.0 Å². The highest BCUT2D eigenvalue weighted by Crippen LogP contribution is 2.20. The standard InChI is InChI=1S/C8H14N4/c1-7(11-12-9)10-8-5-3-2-4-6-8/h8H,2-6H2,1H3. The maximum atomic E-state index is 8.14. The zero-order valence-electron chi connectivity index (χ0n) is 7.40. The van der Waals surface area contributed by atoms with Gasteiger partial charge in [0.2, 0.25) is 0 Å². The molecule has 0 spiro atoms. The zero-order chi connectivity index (χ0) is 8.81. The van der Waals surface area contributed by atoms with Gasteiger partial charge in [-0.3, -0.25) is 4.99 Å². The first kappa shape index (κ1) is 9.07. The third-order valence-electron chi connectivity index (χ3n) is 2.13. The summed E-state index contributed by atoms with van der Waals surface area (Å²) in [4.78, 5) is 7.02. The van der Waals surface area contributed by atoms with E-state index in [9.17, 15) is 0 Å². The molecule has 0 atom stereocenters. The highest BCUT2D eigenvalue weighted by Gasteiger charge is 2.11. The van der Waals surface area contributed by atoms with Gasteiger partial charge in [-0.1, -0.05) is 19.3 Å². The summed E-state index contributed by atoms with van der Waals surface area (Å²) in [7, 11) is 0. The first-order chi connectivity index (χ1) is 5.83. The Balaban J connectivity index is 2.46. The van der Waals surface area contributed by atoms with E-state index in [1.54, 1.807) is 6.92 Å². The quantitative estimate of drug-likeness (QED) is 0.189. The van der Waals surface area contributed by atoms with Crippen molar-refractivity contribution in [2.24, 2.45) is 10.1 Å². The number of aliphatic imine (C=N–C) groups is 1. The van der Waals surface area contributed by atoms with E-state index in [0.29, 0.717) is 11.9 Å². The largest absolute Gasteiger partial charge is 0.284 e. The van der Waals surface area contributed by atoms with Crippen LogP contribution in [0.1, 0.15) is 39.0 Å². The minimum atomic E-state index is 0.407. The van der Waals surface area contributed by atoms with Crippen LogP contribution in [0.5, 0.6) is 0 Å². The van der Waals surface area contributed by atoms with E-state index in [1.807, 2.05) is 0 Å². The molecule has 4 nitrogen and oxygen atoms in total. The molecule has 12 heavy (non-hydrogen) atoms. The van der Waals surface area contributed by atoms with Crippen LogP contribution in [-0.4, -0.2) is 11.9 Å². The van der Waals surface area contributed by atoms with E-state index < -0.39 is 0 Å². The summed E-state index contributed by atoms with van der Waals surface area (Å²) in [5.41, 5.74) is 8.14. The lowest BCUT2D eigenvalue weighted by Gasteiger charge is -2.17. The van der Waals surface area contributed by atoms with Gasteiger partial charge in [-0.15, -0.1) is 0 Å². The Labute approximate surface area is 72.3 Å². The van der Waals surface area contributed by atoms with Crippen molar-refractivity contribution in [2.45, 2.75) is 45.1 Å². The van der Waals surface area contributed by atoms with Crippen LogP contribution < -0.4 is 0 Å². The van der Waals surface area contributed by atoms with Crippen molar-refractivity contribution in [3.05, 3.63) is 10.4 Å². The molecule has 4 heteroatoms. The molecule has 66 valence electrons. The van der Waals surface area contributed by atoms with Crippen LogP contribution in [0, 0.1) is 0 Å². The zero-order valence-corrected chi connectivity index (χ0v) is 7.40. The van der Waals surface area contributed by atoms with Crippen molar-refractivity contribution in [1.82, 2.24) is 0 Å². The Kier molecular flexibility index (Phi) is 3.61. The van der Waals surface area contributed by atoms with Crippen molar-refractivity contribution < 1.29 is 0 Å². The monoisotopic (exact) mass is 166 g/mol.